The molecule has 0 aliphatic carbocycles. The maximum Gasteiger partial charge on any atom is 1.00 e. The van der Waals surface area contributed by atoms with Gasteiger partial charge in [-0.3, -0.25) is 19.2 Å². The zero-order valence-electron chi connectivity index (χ0n) is 38.8. The fraction of sp³-hybridized carbons (Fsp3) is 0.870. The van der Waals surface area contributed by atoms with Gasteiger partial charge in [0.05, 0.1) is 11.9 Å². The summed E-state index contributed by atoms with van der Waals surface area (Å²) in [7, 11) is 0. The van der Waals surface area contributed by atoms with Crippen molar-refractivity contribution in [2.45, 2.75) is 257 Å². The van der Waals surface area contributed by atoms with Crippen molar-refractivity contribution in [2.24, 2.45) is 11.5 Å². The van der Waals surface area contributed by atoms with Gasteiger partial charge in [-0.2, -0.15) is 0 Å². The number of carbonyl (C=O) groups is 6. The molecule has 0 fully saturated rings. The van der Waals surface area contributed by atoms with Gasteiger partial charge in [-0.25, -0.2) is 0 Å². The van der Waals surface area contributed by atoms with E-state index in [1.807, 2.05) is 0 Å². The molecule has 0 rings (SSSR count). The predicted octanol–water partition coefficient (Wildman–Crippen LogP) is 2.36. The molecule has 0 aromatic rings. The van der Waals surface area contributed by atoms with Gasteiger partial charge < -0.3 is 40.7 Å². The number of carbonyl (C=O) groups excluding carboxylic acids is 6. The van der Waals surface area contributed by atoms with Gasteiger partial charge in [0, 0.05) is 37.8 Å². The minimum Gasteiger partial charge on any atom is -0.548 e. The van der Waals surface area contributed by atoms with Crippen LogP contribution in [0.4, 0.5) is 0 Å². The molecule has 0 aromatic carbocycles. The molecule has 0 aliphatic rings. The topological polar surface area (TPSA) is 219 Å². The molecule has 340 valence electrons. The Morgan fingerprint density at radius 3 is 0.733 bits per heavy atom. The molecule has 14 heteroatoms. The van der Waals surface area contributed by atoms with Gasteiger partial charge in [-0.1, -0.05) is 194 Å². The van der Waals surface area contributed by atoms with E-state index in [0.29, 0.717) is 12.8 Å². The third-order valence-electron chi connectivity index (χ3n) is 10.3. The Morgan fingerprint density at radius 1 is 0.350 bits per heavy atom. The summed E-state index contributed by atoms with van der Waals surface area (Å²) in [5, 5.41) is 20.9. The SMILES string of the molecule is CCCCCCCCCCCCCCCCCC(=O)OC(=O)CC[C@H](N)C(=O)[O-].CCCCCCCCCCCCCCCCCC(=O)OC(=O)CC[C@H](N)C(=O)[O-].[Na+].[Na+]. The van der Waals surface area contributed by atoms with Crippen LogP contribution in [-0.4, -0.2) is 47.9 Å². The van der Waals surface area contributed by atoms with Crippen molar-refractivity contribution in [3.05, 3.63) is 0 Å². The van der Waals surface area contributed by atoms with E-state index in [4.69, 9.17) is 11.5 Å². The van der Waals surface area contributed by atoms with Crippen molar-refractivity contribution in [1.82, 2.24) is 0 Å². The second-order valence-corrected chi connectivity index (χ2v) is 16.0. The maximum atomic E-state index is 11.6. The van der Waals surface area contributed by atoms with E-state index in [1.54, 1.807) is 0 Å². The van der Waals surface area contributed by atoms with Crippen LogP contribution in [0.3, 0.4) is 0 Å². The van der Waals surface area contributed by atoms with E-state index >= 15 is 0 Å². The fourth-order valence-electron chi connectivity index (χ4n) is 6.52. The molecule has 0 unspecified atom stereocenters. The largest absolute Gasteiger partial charge is 1.00 e. The molecule has 0 heterocycles. The molecule has 0 saturated carbocycles. The number of carboxylic acid groups (broad SMARTS) is 2. The zero-order valence-corrected chi connectivity index (χ0v) is 42.8. The Balaban J connectivity index is -0.000000506. The minimum atomic E-state index is -1.41. The van der Waals surface area contributed by atoms with E-state index in [9.17, 15) is 39.0 Å². The van der Waals surface area contributed by atoms with Crippen molar-refractivity contribution < 1.29 is 108 Å². The molecular formula is C46H84N2Na2O10. The molecule has 0 aliphatic heterocycles. The smallest absolute Gasteiger partial charge is 0.548 e. The monoisotopic (exact) mass is 871 g/mol. The summed E-state index contributed by atoms with van der Waals surface area (Å²) in [6.45, 7) is 4.50. The van der Waals surface area contributed by atoms with Crippen molar-refractivity contribution >= 4 is 35.8 Å². The Hall–Kier alpha value is -0.860. The van der Waals surface area contributed by atoms with Crippen LogP contribution in [0.2, 0.25) is 0 Å². The Bertz CT molecular complexity index is 971. The molecule has 0 spiro atoms. The first-order chi connectivity index (χ1) is 27.9. The minimum absolute atomic E-state index is 0. The van der Waals surface area contributed by atoms with Crippen LogP contribution < -0.4 is 80.8 Å². The number of aliphatic carboxylic acids is 2. The molecule has 60 heavy (non-hydrogen) atoms. The van der Waals surface area contributed by atoms with Crippen LogP contribution in [0, 0.1) is 0 Å². The zero-order chi connectivity index (χ0) is 43.5. The molecule has 4 N–H and O–H groups in total. The summed E-state index contributed by atoms with van der Waals surface area (Å²) in [5.41, 5.74) is 10.5. The average Bonchev–Trinajstić information content (AvgIpc) is 3.19. The number of ether oxygens (including phenoxy) is 2. The molecule has 0 radical (unpaired) electrons. The summed E-state index contributed by atoms with van der Waals surface area (Å²) in [6, 6.07) is -2.43. The van der Waals surface area contributed by atoms with E-state index in [0.717, 1.165) is 25.7 Å². The van der Waals surface area contributed by atoms with Crippen LogP contribution in [0.5, 0.6) is 0 Å². The molecule has 2 atom stereocenters. The van der Waals surface area contributed by atoms with Crippen LogP contribution in [0.25, 0.3) is 0 Å². The van der Waals surface area contributed by atoms with E-state index in [1.165, 1.54) is 154 Å². The van der Waals surface area contributed by atoms with Crippen molar-refractivity contribution in [3.8, 4) is 0 Å². The average molecular weight is 871 g/mol. The van der Waals surface area contributed by atoms with Crippen LogP contribution >= 0.6 is 0 Å². The van der Waals surface area contributed by atoms with Crippen molar-refractivity contribution in [1.29, 1.82) is 0 Å². The van der Waals surface area contributed by atoms with Gasteiger partial charge >= 0.3 is 83.0 Å². The van der Waals surface area contributed by atoms with E-state index in [2.05, 4.69) is 23.3 Å². The summed E-state index contributed by atoms with van der Waals surface area (Å²) in [4.78, 5) is 66.9. The molecule has 12 nitrogen and oxygen atoms in total. The summed E-state index contributed by atoms with van der Waals surface area (Å²) in [5.74, 6) is -5.39. The number of nitrogens with two attached hydrogens (primary N) is 2. The van der Waals surface area contributed by atoms with Crippen molar-refractivity contribution in [2.75, 3.05) is 0 Å². The van der Waals surface area contributed by atoms with Crippen LogP contribution in [0.1, 0.15) is 245 Å². The number of carboxylic acids is 2. The quantitative estimate of drug-likeness (QED) is 0.0393. The Morgan fingerprint density at radius 2 is 0.533 bits per heavy atom. The van der Waals surface area contributed by atoms with Gasteiger partial charge in [0.2, 0.25) is 0 Å². The number of hydrogen-bond donors (Lipinski definition) is 2. The summed E-state index contributed by atoms with van der Waals surface area (Å²) >= 11 is 0. The van der Waals surface area contributed by atoms with Gasteiger partial charge in [0.25, 0.3) is 0 Å². The van der Waals surface area contributed by atoms with E-state index in [-0.39, 0.29) is 97.6 Å². The third kappa shape index (κ3) is 51.5. The first kappa shape index (κ1) is 65.8. The normalized spacial score (nSPS) is 11.5. The predicted molar refractivity (Wildman–Crippen MR) is 226 cm³/mol. The number of hydrogen-bond acceptors (Lipinski definition) is 12. The van der Waals surface area contributed by atoms with Gasteiger partial charge in [-0.15, -0.1) is 0 Å². The number of unbranched alkanes of at least 4 members (excludes halogenated alkanes) is 28. The van der Waals surface area contributed by atoms with Gasteiger partial charge in [-0.05, 0) is 25.7 Å². The first-order valence-electron chi connectivity index (χ1n) is 23.3. The Labute approximate surface area is 408 Å². The molecule has 0 saturated heterocycles. The summed E-state index contributed by atoms with van der Waals surface area (Å²) in [6.07, 6.45) is 37.4. The second-order valence-electron chi connectivity index (χ2n) is 16.0. The standard InChI is InChI=1S/2C23H43NO5.2Na/c2*1-2-3-4-5-6-7-8-9-10-11-12-13-14-15-16-17-21(25)29-22(26)19-18-20(24)23(27)28;;/h2*20H,2-19,24H2,1H3,(H,27,28);;/q;;2*+1/p-2/t2*20-;;/m00../s1. The van der Waals surface area contributed by atoms with E-state index < -0.39 is 47.9 Å². The molecule has 0 bridgehead atoms. The molecule has 0 aromatic heterocycles. The third-order valence-corrected chi connectivity index (χ3v) is 10.3. The fourth-order valence-corrected chi connectivity index (χ4v) is 6.52. The maximum absolute atomic E-state index is 11.6. The number of esters is 4. The first-order valence-corrected chi connectivity index (χ1v) is 23.3. The molecular weight excluding hydrogens is 786 g/mol. The van der Waals surface area contributed by atoms with Crippen molar-refractivity contribution in [3.63, 3.8) is 0 Å². The Kier molecular flexibility index (Phi) is 55.6. The van der Waals surface area contributed by atoms with Gasteiger partial charge in [0.15, 0.2) is 0 Å². The second kappa shape index (κ2) is 50.8. The summed E-state index contributed by atoms with van der Waals surface area (Å²) < 4.78 is 9.31. The van der Waals surface area contributed by atoms with Crippen LogP contribution in [0.15, 0.2) is 0 Å². The van der Waals surface area contributed by atoms with Gasteiger partial charge in [0.1, 0.15) is 0 Å². The number of rotatable bonds is 40. The van der Waals surface area contributed by atoms with Crippen LogP contribution in [-0.2, 0) is 38.2 Å². The molecule has 0 amide bonds.